The summed E-state index contributed by atoms with van der Waals surface area (Å²) >= 11 is 0. The Balaban J connectivity index is 1.75. The van der Waals surface area contributed by atoms with Gasteiger partial charge in [-0.1, -0.05) is 26.3 Å². The maximum atomic E-state index is 14.5. The highest BCUT2D eigenvalue weighted by atomic mass is 19.1. The van der Waals surface area contributed by atoms with Crippen molar-refractivity contribution in [3.05, 3.63) is 29.6 Å². The molecule has 1 aliphatic carbocycles. The number of ketones is 2. The van der Waals surface area contributed by atoms with E-state index in [0.717, 1.165) is 37.9 Å². The summed E-state index contributed by atoms with van der Waals surface area (Å²) < 4.78 is 14.5. The van der Waals surface area contributed by atoms with E-state index in [4.69, 9.17) is 5.11 Å². The molecule has 0 saturated heterocycles. The van der Waals surface area contributed by atoms with E-state index >= 15 is 0 Å². The average Bonchev–Trinajstić information content (AvgIpc) is 2.88. The van der Waals surface area contributed by atoms with Crippen molar-refractivity contribution >= 4 is 17.3 Å². The summed E-state index contributed by atoms with van der Waals surface area (Å²) in [5.74, 6) is -0.608. The van der Waals surface area contributed by atoms with Gasteiger partial charge < -0.3 is 10.0 Å². The van der Waals surface area contributed by atoms with Gasteiger partial charge in [-0.3, -0.25) is 9.59 Å². The molecule has 142 valence electrons. The number of rotatable bonds is 7. The summed E-state index contributed by atoms with van der Waals surface area (Å²) in [5, 5.41) is 8.78. The van der Waals surface area contributed by atoms with Gasteiger partial charge >= 0.3 is 0 Å². The first kappa shape index (κ1) is 19.0. The van der Waals surface area contributed by atoms with Crippen molar-refractivity contribution in [3.63, 3.8) is 0 Å². The molecule has 1 N–H and O–H groups in total. The van der Waals surface area contributed by atoms with Gasteiger partial charge in [0.15, 0.2) is 5.78 Å². The summed E-state index contributed by atoms with van der Waals surface area (Å²) in [5.41, 5.74) is 1.37. The van der Waals surface area contributed by atoms with Crippen LogP contribution in [0.3, 0.4) is 0 Å². The number of anilines is 1. The molecule has 0 spiro atoms. The molecule has 0 bridgehead atoms. The SMILES string of the molecule is CC1(C)CC(=O)C2c3c(F)cccc3N(CCCCCC(=O)CO)C2C1. The van der Waals surface area contributed by atoms with Crippen LogP contribution < -0.4 is 4.90 Å². The maximum Gasteiger partial charge on any atom is 0.158 e. The molecule has 2 aliphatic rings. The van der Waals surface area contributed by atoms with E-state index in [-0.39, 0.29) is 41.4 Å². The van der Waals surface area contributed by atoms with Gasteiger partial charge in [0, 0.05) is 36.7 Å². The average molecular weight is 361 g/mol. The fraction of sp³-hybridized carbons (Fsp3) is 0.619. The van der Waals surface area contributed by atoms with Crippen LogP contribution in [0.15, 0.2) is 18.2 Å². The van der Waals surface area contributed by atoms with Crippen LogP contribution in [0, 0.1) is 11.2 Å². The second kappa shape index (κ2) is 7.47. The lowest BCUT2D eigenvalue weighted by Crippen LogP contribution is -2.45. The number of Topliss-reactive ketones (excluding diaryl/α,β-unsaturated/α-hetero) is 2. The van der Waals surface area contributed by atoms with Crippen molar-refractivity contribution in [2.75, 3.05) is 18.1 Å². The molecule has 2 unspecified atom stereocenters. The van der Waals surface area contributed by atoms with Gasteiger partial charge in [-0.05, 0) is 36.8 Å². The number of halogens is 1. The molecule has 26 heavy (non-hydrogen) atoms. The van der Waals surface area contributed by atoms with Crippen LogP contribution in [0.25, 0.3) is 0 Å². The third kappa shape index (κ3) is 3.68. The standard InChI is InChI=1S/C21H28FNO3/c1-21(2)11-17-20(18(26)12-21)19-15(22)8-6-9-16(19)23(17)10-5-3-4-7-14(25)13-24/h6,8-9,17,20,24H,3-5,7,10-13H2,1-2H3. The fourth-order valence-corrected chi connectivity index (χ4v) is 4.60. The van der Waals surface area contributed by atoms with E-state index in [9.17, 15) is 14.0 Å². The first-order valence-corrected chi connectivity index (χ1v) is 9.54. The zero-order valence-electron chi connectivity index (χ0n) is 15.6. The molecule has 0 amide bonds. The molecule has 0 radical (unpaired) electrons. The van der Waals surface area contributed by atoms with Crippen LogP contribution >= 0.6 is 0 Å². The zero-order chi connectivity index (χ0) is 18.9. The van der Waals surface area contributed by atoms with E-state index in [1.807, 2.05) is 6.07 Å². The number of nitrogens with zero attached hydrogens (tertiary/aromatic N) is 1. The smallest absolute Gasteiger partial charge is 0.158 e. The van der Waals surface area contributed by atoms with Crippen LogP contribution in [0.4, 0.5) is 10.1 Å². The predicted molar refractivity (Wildman–Crippen MR) is 98.9 cm³/mol. The Morgan fingerprint density at radius 1 is 1.31 bits per heavy atom. The van der Waals surface area contributed by atoms with Gasteiger partial charge in [-0.15, -0.1) is 0 Å². The minimum absolute atomic E-state index is 0.0252. The monoisotopic (exact) mass is 361 g/mol. The summed E-state index contributed by atoms with van der Waals surface area (Å²) in [6.07, 6.45) is 4.29. The van der Waals surface area contributed by atoms with Crippen LogP contribution in [-0.4, -0.2) is 35.9 Å². The van der Waals surface area contributed by atoms with Crippen molar-refractivity contribution in [1.82, 2.24) is 0 Å². The van der Waals surface area contributed by atoms with Crippen LogP contribution in [0.5, 0.6) is 0 Å². The van der Waals surface area contributed by atoms with Crippen LogP contribution in [0.2, 0.25) is 0 Å². The molecule has 5 heteroatoms. The molecule has 3 rings (SSSR count). The highest BCUT2D eigenvalue weighted by Gasteiger charge is 2.50. The zero-order valence-corrected chi connectivity index (χ0v) is 15.6. The van der Waals surface area contributed by atoms with Gasteiger partial charge in [-0.25, -0.2) is 4.39 Å². The number of fused-ring (bicyclic) bond motifs is 3. The molecule has 2 atom stereocenters. The number of unbranched alkanes of at least 4 members (excludes halogenated alkanes) is 2. The van der Waals surface area contributed by atoms with Gasteiger partial charge in [0.1, 0.15) is 18.2 Å². The first-order valence-electron chi connectivity index (χ1n) is 9.54. The molecule has 1 aromatic rings. The van der Waals surface area contributed by atoms with E-state index in [0.29, 0.717) is 18.4 Å². The van der Waals surface area contributed by atoms with E-state index < -0.39 is 0 Å². The maximum absolute atomic E-state index is 14.5. The Kier molecular flexibility index (Phi) is 5.47. The number of aliphatic hydroxyl groups excluding tert-OH is 1. The molecule has 1 heterocycles. The summed E-state index contributed by atoms with van der Waals surface area (Å²) in [7, 11) is 0. The predicted octanol–water partition coefficient (Wildman–Crippen LogP) is 3.61. The number of carbonyl (C=O) groups excluding carboxylic acids is 2. The molecular weight excluding hydrogens is 333 g/mol. The summed E-state index contributed by atoms with van der Waals surface area (Å²) in [4.78, 5) is 26.2. The number of hydrogen-bond acceptors (Lipinski definition) is 4. The topological polar surface area (TPSA) is 57.6 Å². The Labute approximate surface area is 154 Å². The van der Waals surface area contributed by atoms with E-state index in [1.54, 1.807) is 6.07 Å². The lowest BCUT2D eigenvalue weighted by molar-refractivity contribution is -0.125. The van der Waals surface area contributed by atoms with Crippen molar-refractivity contribution < 1.29 is 19.1 Å². The van der Waals surface area contributed by atoms with Crippen molar-refractivity contribution in [3.8, 4) is 0 Å². The Morgan fingerprint density at radius 2 is 2.08 bits per heavy atom. The largest absolute Gasteiger partial charge is 0.389 e. The minimum Gasteiger partial charge on any atom is -0.389 e. The summed E-state index contributed by atoms with van der Waals surface area (Å²) in [6, 6.07) is 5.12. The van der Waals surface area contributed by atoms with Gasteiger partial charge in [0.2, 0.25) is 0 Å². The fourth-order valence-electron chi connectivity index (χ4n) is 4.60. The van der Waals surface area contributed by atoms with Crippen molar-refractivity contribution in [2.45, 2.75) is 64.3 Å². The van der Waals surface area contributed by atoms with Gasteiger partial charge in [0.05, 0.1) is 5.92 Å². The van der Waals surface area contributed by atoms with E-state index in [2.05, 4.69) is 18.7 Å². The van der Waals surface area contributed by atoms with Gasteiger partial charge in [0.25, 0.3) is 0 Å². The summed E-state index contributed by atoms with van der Waals surface area (Å²) in [6.45, 7) is 4.59. The molecule has 1 aliphatic heterocycles. The molecule has 0 aromatic heterocycles. The van der Waals surface area contributed by atoms with Crippen molar-refractivity contribution in [2.24, 2.45) is 5.41 Å². The van der Waals surface area contributed by atoms with Crippen molar-refractivity contribution in [1.29, 1.82) is 0 Å². The first-order chi connectivity index (χ1) is 12.3. The second-order valence-electron chi connectivity index (χ2n) is 8.43. The Morgan fingerprint density at radius 3 is 2.81 bits per heavy atom. The molecular formula is C21H28FNO3. The molecule has 1 fully saturated rings. The second-order valence-corrected chi connectivity index (χ2v) is 8.43. The number of benzene rings is 1. The normalized spacial score (nSPS) is 23.7. The minimum atomic E-state index is -0.389. The highest BCUT2D eigenvalue weighted by molar-refractivity contribution is 5.92. The number of hydrogen-bond donors (Lipinski definition) is 1. The highest BCUT2D eigenvalue weighted by Crippen LogP contribution is 2.51. The Bertz CT molecular complexity index is 700. The lowest BCUT2D eigenvalue weighted by Gasteiger charge is -2.40. The third-order valence-corrected chi connectivity index (χ3v) is 5.73. The number of carbonyl (C=O) groups is 2. The molecule has 1 aromatic carbocycles. The quantitative estimate of drug-likeness (QED) is 0.754. The van der Waals surface area contributed by atoms with Crippen LogP contribution in [0.1, 0.15) is 63.9 Å². The number of aliphatic hydroxyl groups is 1. The third-order valence-electron chi connectivity index (χ3n) is 5.73. The molecule has 4 nitrogen and oxygen atoms in total. The van der Waals surface area contributed by atoms with Crippen LogP contribution in [-0.2, 0) is 9.59 Å². The lowest BCUT2D eigenvalue weighted by atomic mass is 9.69. The Hall–Kier alpha value is -1.75. The van der Waals surface area contributed by atoms with E-state index in [1.165, 1.54) is 6.07 Å². The molecule has 1 saturated carbocycles. The van der Waals surface area contributed by atoms with Gasteiger partial charge in [-0.2, -0.15) is 0 Å².